The first kappa shape index (κ1) is 14.7. The van der Waals surface area contributed by atoms with Gasteiger partial charge in [-0.15, -0.1) is 0 Å². The number of rotatable bonds is 2. The molecule has 1 aromatic heterocycles. The van der Waals surface area contributed by atoms with Crippen molar-refractivity contribution in [2.75, 3.05) is 20.1 Å². The van der Waals surface area contributed by atoms with E-state index in [0.29, 0.717) is 24.5 Å². The molecule has 3 heterocycles. The largest absolute Gasteiger partial charge is 0.335 e. The summed E-state index contributed by atoms with van der Waals surface area (Å²) in [4.78, 5) is 28.1. The van der Waals surface area contributed by atoms with Crippen LogP contribution in [0.15, 0.2) is 30.3 Å². The van der Waals surface area contributed by atoms with E-state index in [1.165, 1.54) is 0 Å². The van der Waals surface area contributed by atoms with E-state index >= 15 is 0 Å². The number of hydrogen-bond donors (Lipinski definition) is 2. The fraction of sp³-hybridized carbons (Fsp3) is 0.375. The normalized spacial score (nSPS) is 23.1. The van der Waals surface area contributed by atoms with Crippen LogP contribution in [0, 0.1) is 0 Å². The second kappa shape index (κ2) is 5.63. The summed E-state index contributed by atoms with van der Waals surface area (Å²) < 4.78 is 0. The van der Waals surface area contributed by atoms with Crippen LogP contribution in [-0.4, -0.2) is 69.4 Å². The van der Waals surface area contributed by atoms with E-state index in [0.717, 1.165) is 12.0 Å². The number of carbonyl (C=O) groups is 2. The molecule has 2 aliphatic heterocycles. The first-order valence-electron chi connectivity index (χ1n) is 7.94. The van der Waals surface area contributed by atoms with Gasteiger partial charge in [0.05, 0.1) is 12.1 Å². The summed E-state index contributed by atoms with van der Waals surface area (Å²) in [6.45, 7) is 1.08. The Morgan fingerprint density at radius 1 is 1.25 bits per heavy atom. The molecule has 2 atom stereocenters. The predicted molar refractivity (Wildman–Crippen MR) is 86.2 cm³/mol. The zero-order valence-electron chi connectivity index (χ0n) is 13.3. The zero-order valence-corrected chi connectivity index (χ0v) is 13.3. The molecule has 4 rings (SSSR count). The Morgan fingerprint density at radius 2 is 2.04 bits per heavy atom. The number of urea groups is 1. The molecular weight excluding hydrogens is 308 g/mol. The Labute approximate surface area is 138 Å². The van der Waals surface area contributed by atoms with E-state index in [-0.39, 0.29) is 24.0 Å². The Kier molecular flexibility index (Phi) is 3.44. The first-order chi connectivity index (χ1) is 11.6. The van der Waals surface area contributed by atoms with Crippen molar-refractivity contribution >= 4 is 11.9 Å². The van der Waals surface area contributed by atoms with Crippen molar-refractivity contribution in [3.63, 3.8) is 0 Å². The first-order valence-corrected chi connectivity index (χ1v) is 7.94. The van der Waals surface area contributed by atoms with E-state index in [1.54, 1.807) is 16.8 Å². The molecule has 0 aliphatic carbocycles. The lowest BCUT2D eigenvalue weighted by Crippen LogP contribution is -2.52. The lowest BCUT2D eigenvalue weighted by atomic mass is 9.99. The van der Waals surface area contributed by atoms with Crippen LogP contribution in [-0.2, 0) is 0 Å². The number of H-pyrrole nitrogens is 1. The average molecular weight is 326 g/mol. The summed E-state index contributed by atoms with van der Waals surface area (Å²) in [5, 5.41) is 13.7. The quantitative estimate of drug-likeness (QED) is 0.850. The molecule has 2 fully saturated rings. The summed E-state index contributed by atoms with van der Waals surface area (Å²) in [5.74, 6) is -0.162. The van der Waals surface area contributed by atoms with Crippen molar-refractivity contribution < 1.29 is 9.59 Å². The third-order valence-electron chi connectivity index (χ3n) is 4.79. The zero-order chi connectivity index (χ0) is 16.7. The second-order valence-electron chi connectivity index (χ2n) is 6.16. The van der Waals surface area contributed by atoms with Gasteiger partial charge in [0.25, 0.3) is 5.91 Å². The Hall–Kier alpha value is -2.90. The molecule has 0 saturated carbocycles. The molecule has 0 unspecified atom stereocenters. The molecule has 124 valence electrons. The highest BCUT2D eigenvalue weighted by Gasteiger charge is 2.42. The molecule has 2 N–H and O–H groups in total. The minimum atomic E-state index is -0.162. The minimum Gasteiger partial charge on any atom is -0.335 e. The van der Waals surface area contributed by atoms with Gasteiger partial charge >= 0.3 is 6.03 Å². The summed E-state index contributed by atoms with van der Waals surface area (Å²) in [7, 11) is 1.79. The maximum Gasteiger partial charge on any atom is 0.317 e. The van der Waals surface area contributed by atoms with Crippen LogP contribution in [0.4, 0.5) is 4.79 Å². The summed E-state index contributed by atoms with van der Waals surface area (Å²) >= 11 is 0. The van der Waals surface area contributed by atoms with E-state index in [1.807, 2.05) is 30.3 Å². The number of nitrogens with one attached hydrogen (secondary N) is 2. The van der Waals surface area contributed by atoms with Crippen LogP contribution in [0.1, 0.15) is 16.9 Å². The van der Waals surface area contributed by atoms with Crippen LogP contribution in [0.5, 0.6) is 0 Å². The molecule has 0 spiro atoms. The Balaban J connectivity index is 1.56. The molecule has 0 bridgehead atoms. The molecule has 24 heavy (non-hydrogen) atoms. The van der Waals surface area contributed by atoms with Gasteiger partial charge in [-0.2, -0.15) is 15.4 Å². The van der Waals surface area contributed by atoms with Crippen molar-refractivity contribution in [1.29, 1.82) is 0 Å². The molecule has 8 heteroatoms. The summed E-state index contributed by atoms with van der Waals surface area (Å²) in [6.07, 6.45) is 0.754. The Bertz CT molecular complexity index is 774. The molecule has 1 aromatic carbocycles. The number of aromatic amines is 1. The van der Waals surface area contributed by atoms with Crippen LogP contribution >= 0.6 is 0 Å². The number of amides is 3. The fourth-order valence-electron chi connectivity index (χ4n) is 3.47. The van der Waals surface area contributed by atoms with Crippen molar-refractivity contribution in [3.05, 3.63) is 36.0 Å². The number of fused-ring (bicyclic) bond motifs is 1. The number of piperidine rings is 1. The Morgan fingerprint density at radius 3 is 2.83 bits per heavy atom. The predicted octanol–water partition coefficient (Wildman–Crippen LogP) is 0.710. The van der Waals surface area contributed by atoms with E-state index in [4.69, 9.17) is 0 Å². The monoisotopic (exact) mass is 326 g/mol. The van der Waals surface area contributed by atoms with Gasteiger partial charge in [0.15, 0.2) is 5.69 Å². The smallest absolute Gasteiger partial charge is 0.317 e. The topological polar surface area (TPSA) is 94.2 Å². The minimum absolute atomic E-state index is 0.0349. The number of hydrogen-bond acceptors (Lipinski definition) is 4. The highest BCUT2D eigenvalue weighted by Crippen LogP contribution is 2.25. The highest BCUT2D eigenvalue weighted by atomic mass is 16.2. The molecule has 8 nitrogen and oxygen atoms in total. The lowest BCUT2D eigenvalue weighted by molar-refractivity contribution is 0.0661. The van der Waals surface area contributed by atoms with E-state index in [2.05, 4.69) is 20.7 Å². The van der Waals surface area contributed by atoms with Crippen LogP contribution in [0.25, 0.3) is 11.3 Å². The maximum atomic E-state index is 12.9. The molecule has 3 amide bonds. The van der Waals surface area contributed by atoms with Gasteiger partial charge in [0.2, 0.25) is 0 Å². The number of likely N-dealkylation sites (N-methyl/N-ethyl adjacent to an activating group) is 1. The lowest BCUT2D eigenvalue weighted by Gasteiger charge is -2.35. The average Bonchev–Trinajstić information content (AvgIpc) is 3.20. The number of benzene rings is 1. The summed E-state index contributed by atoms with van der Waals surface area (Å²) in [5.41, 5.74) is 1.71. The second-order valence-corrected chi connectivity index (χ2v) is 6.16. The molecule has 2 saturated heterocycles. The number of carbonyl (C=O) groups excluding carboxylic acids is 2. The van der Waals surface area contributed by atoms with Gasteiger partial charge in [-0.1, -0.05) is 30.3 Å². The number of nitrogens with zero attached hydrogens (tertiary/aromatic N) is 4. The van der Waals surface area contributed by atoms with Crippen LogP contribution < -0.4 is 5.32 Å². The maximum absolute atomic E-state index is 12.9. The SMILES string of the molecule is CN1C(=O)N[C@@H]2CN(C(=O)c3n[nH]nc3-c3ccccc3)CC[C@@H]21. The summed E-state index contributed by atoms with van der Waals surface area (Å²) in [6, 6.07) is 9.53. The standard InChI is InChI=1S/C16H18N6O2/c1-21-12-7-8-22(9-11(12)17-16(21)24)15(23)14-13(18-20-19-14)10-5-3-2-4-6-10/h2-6,11-12H,7-9H2,1H3,(H,17,24)(H,18,19,20)/t11-,12+/m1/s1. The molecule has 2 aromatic rings. The van der Waals surface area contributed by atoms with Crippen LogP contribution in [0.2, 0.25) is 0 Å². The van der Waals surface area contributed by atoms with Crippen molar-refractivity contribution in [1.82, 2.24) is 30.5 Å². The van der Waals surface area contributed by atoms with Crippen molar-refractivity contribution in [2.24, 2.45) is 0 Å². The highest BCUT2D eigenvalue weighted by molar-refractivity contribution is 5.98. The van der Waals surface area contributed by atoms with Crippen molar-refractivity contribution in [3.8, 4) is 11.3 Å². The van der Waals surface area contributed by atoms with Gasteiger partial charge in [0, 0.05) is 25.7 Å². The molecule has 0 radical (unpaired) electrons. The third kappa shape index (κ3) is 2.31. The molecular formula is C16H18N6O2. The number of likely N-dealkylation sites (tertiary alicyclic amines) is 1. The van der Waals surface area contributed by atoms with Gasteiger partial charge in [-0.3, -0.25) is 4.79 Å². The van der Waals surface area contributed by atoms with Gasteiger partial charge < -0.3 is 15.1 Å². The van der Waals surface area contributed by atoms with E-state index in [9.17, 15) is 9.59 Å². The fourth-order valence-corrected chi connectivity index (χ4v) is 3.47. The van der Waals surface area contributed by atoms with Gasteiger partial charge in [0.1, 0.15) is 5.69 Å². The van der Waals surface area contributed by atoms with Gasteiger partial charge in [-0.05, 0) is 6.42 Å². The van der Waals surface area contributed by atoms with E-state index < -0.39 is 0 Å². The molecule has 2 aliphatic rings. The van der Waals surface area contributed by atoms with Crippen molar-refractivity contribution in [2.45, 2.75) is 18.5 Å². The third-order valence-corrected chi connectivity index (χ3v) is 4.79. The van der Waals surface area contributed by atoms with Gasteiger partial charge in [-0.25, -0.2) is 4.79 Å². The van der Waals surface area contributed by atoms with Crippen LogP contribution in [0.3, 0.4) is 0 Å². The number of aromatic nitrogens is 3.